The highest BCUT2D eigenvalue weighted by Crippen LogP contribution is 2.33. The second-order valence-corrected chi connectivity index (χ2v) is 9.01. The number of amides is 2. The van der Waals surface area contributed by atoms with Crippen molar-refractivity contribution in [3.63, 3.8) is 0 Å². The van der Waals surface area contributed by atoms with Gasteiger partial charge >= 0.3 is 5.97 Å². The molecule has 4 rings (SSSR count). The second-order valence-electron chi connectivity index (χ2n) is 8.02. The summed E-state index contributed by atoms with van der Waals surface area (Å²) in [5.74, 6) is -0.488. The first-order valence-corrected chi connectivity index (χ1v) is 12.1. The van der Waals surface area contributed by atoms with E-state index in [1.54, 1.807) is 60.7 Å². The average Bonchev–Trinajstić information content (AvgIpc) is 3.19. The first-order valence-electron chi connectivity index (χ1n) is 11.3. The van der Waals surface area contributed by atoms with Crippen LogP contribution in [0.1, 0.15) is 37.4 Å². The van der Waals surface area contributed by atoms with E-state index in [1.165, 1.54) is 25.2 Å². The maximum absolute atomic E-state index is 12.9. The highest BCUT2D eigenvalue weighted by Gasteiger charge is 2.35. The monoisotopic (exact) mass is 513 g/mol. The Morgan fingerprint density at radius 1 is 0.892 bits per heavy atom. The van der Waals surface area contributed by atoms with Gasteiger partial charge in [-0.15, -0.1) is 0 Å². The van der Waals surface area contributed by atoms with E-state index < -0.39 is 5.97 Å². The molecule has 1 fully saturated rings. The maximum Gasteiger partial charge on any atom is 0.337 e. The van der Waals surface area contributed by atoms with Gasteiger partial charge in [0.25, 0.3) is 11.1 Å². The molecule has 0 aromatic heterocycles. The molecule has 0 aliphatic carbocycles. The van der Waals surface area contributed by atoms with Crippen LogP contribution in [0.15, 0.2) is 83.8 Å². The Morgan fingerprint density at radius 3 is 2.24 bits per heavy atom. The van der Waals surface area contributed by atoms with Gasteiger partial charge in [0.1, 0.15) is 5.75 Å². The van der Waals surface area contributed by atoms with Crippen LogP contribution in [0.4, 0.5) is 4.79 Å². The number of thioether (sulfide) groups is 1. The molecule has 186 valence electrons. The third kappa shape index (κ3) is 6.05. The zero-order chi connectivity index (χ0) is 26.4. The number of carbonyl (C=O) groups is 4. The molecule has 1 aliphatic heterocycles. The van der Waals surface area contributed by atoms with Crippen LogP contribution >= 0.6 is 11.8 Å². The molecule has 1 heterocycles. The molecule has 0 unspecified atom stereocenters. The number of imide groups is 1. The summed E-state index contributed by atoms with van der Waals surface area (Å²) in [5.41, 5.74) is 3.15. The zero-order valence-corrected chi connectivity index (χ0v) is 21.0. The maximum atomic E-state index is 12.9. The van der Waals surface area contributed by atoms with Crippen molar-refractivity contribution in [1.29, 1.82) is 0 Å². The van der Waals surface area contributed by atoms with E-state index in [9.17, 15) is 19.2 Å². The summed E-state index contributed by atoms with van der Waals surface area (Å²) in [6.07, 6.45) is 4.85. The molecule has 0 atom stereocenters. The number of benzene rings is 3. The summed E-state index contributed by atoms with van der Waals surface area (Å²) in [6.45, 7) is 0.105. The van der Waals surface area contributed by atoms with Crippen molar-refractivity contribution in [2.45, 2.75) is 6.54 Å². The van der Waals surface area contributed by atoms with E-state index >= 15 is 0 Å². The first-order chi connectivity index (χ1) is 17.9. The molecule has 3 aromatic carbocycles. The number of allylic oxidation sites excluding steroid dienone is 1. The first kappa shape index (κ1) is 25.7. The Balaban J connectivity index is 1.41. The minimum atomic E-state index is -0.454. The molecular formula is C29H23NO6S. The highest BCUT2D eigenvalue weighted by molar-refractivity contribution is 8.18. The molecule has 1 aliphatic rings. The molecule has 0 spiro atoms. The average molecular weight is 514 g/mol. The van der Waals surface area contributed by atoms with Crippen molar-refractivity contribution >= 4 is 46.8 Å². The summed E-state index contributed by atoms with van der Waals surface area (Å²) in [4.78, 5) is 50.9. The van der Waals surface area contributed by atoms with Gasteiger partial charge in [0.05, 0.1) is 36.8 Å². The fourth-order valence-corrected chi connectivity index (χ4v) is 4.49. The van der Waals surface area contributed by atoms with E-state index in [-0.39, 0.29) is 23.5 Å². The number of ether oxygens (including phenoxy) is 2. The molecule has 37 heavy (non-hydrogen) atoms. The van der Waals surface area contributed by atoms with Crippen molar-refractivity contribution < 1.29 is 28.7 Å². The minimum Gasteiger partial charge on any atom is -0.496 e. The van der Waals surface area contributed by atoms with Crippen molar-refractivity contribution in [3.8, 4) is 5.75 Å². The number of rotatable bonds is 8. The zero-order valence-electron chi connectivity index (χ0n) is 20.2. The van der Waals surface area contributed by atoms with E-state index in [4.69, 9.17) is 4.74 Å². The van der Waals surface area contributed by atoms with Gasteiger partial charge in [-0.2, -0.15) is 0 Å². The number of hydrogen-bond acceptors (Lipinski definition) is 7. The summed E-state index contributed by atoms with van der Waals surface area (Å²) in [6, 6.07) is 20.9. The third-order valence-corrected chi connectivity index (χ3v) is 6.53. The number of nitrogens with zero attached hydrogens (tertiary/aromatic N) is 1. The smallest absolute Gasteiger partial charge is 0.337 e. The van der Waals surface area contributed by atoms with Crippen LogP contribution in [-0.2, 0) is 16.1 Å². The Hall–Kier alpha value is -4.43. The van der Waals surface area contributed by atoms with E-state index in [2.05, 4.69) is 4.74 Å². The molecular weight excluding hydrogens is 490 g/mol. The van der Waals surface area contributed by atoms with Crippen LogP contribution in [0, 0.1) is 0 Å². The molecule has 0 saturated carbocycles. The van der Waals surface area contributed by atoms with E-state index in [1.807, 2.05) is 24.3 Å². The number of carbonyl (C=O) groups excluding carboxylic acids is 4. The number of esters is 1. The highest BCUT2D eigenvalue weighted by atomic mass is 32.2. The molecule has 0 bridgehead atoms. The third-order valence-electron chi connectivity index (χ3n) is 5.62. The lowest BCUT2D eigenvalue weighted by Gasteiger charge is -2.12. The SMILES string of the molecule is COC(=O)c1ccc(CN2C(=O)S/C(=C\c3ccc(/C=C/C(=O)c4ccccc4OC)cc3)C2=O)cc1. The van der Waals surface area contributed by atoms with Gasteiger partial charge < -0.3 is 9.47 Å². The van der Waals surface area contributed by atoms with Crippen LogP contribution < -0.4 is 4.74 Å². The number of para-hydroxylation sites is 1. The largest absolute Gasteiger partial charge is 0.496 e. The van der Waals surface area contributed by atoms with Crippen molar-refractivity contribution in [1.82, 2.24) is 4.90 Å². The van der Waals surface area contributed by atoms with Gasteiger partial charge in [0.2, 0.25) is 0 Å². The van der Waals surface area contributed by atoms with Crippen LogP contribution in [0.3, 0.4) is 0 Å². The molecule has 8 heteroatoms. The molecule has 0 N–H and O–H groups in total. The van der Waals surface area contributed by atoms with Gasteiger partial charge in [-0.25, -0.2) is 4.79 Å². The quantitative estimate of drug-likeness (QED) is 0.220. The standard InChI is InChI=1S/C29H23NO6S/c1-35-25-6-4-3-5-23(25)24(31)16-13-19-7-9-20(10-8-19)17-26-27(32)30(29(34)37-26)18-21-11-14-22(15-12-21)28(33)36-2/h3-17H,18H2,1-2H3/b16-13+,26-17-. The summed E-state index contributed by atoms with van der Waals surface area (Å²) in [5, 5.41) is -0.359. The summed E-state index contributed by atoms with van der Waals surface area (Å²) < 4.78 is 9.92. The van der Waals surface area contributed by atoms with Crippen LogP contribution in [0.2, 0.25) is 0 Å². The fourth-order valence-electron chi connectivity index (χ4n) is 3.65. The lowest BCUT2D eigenvalue weighted by Crippen LogP contribution is -2.27. The summed E-state index contributed by atoms with van der Waals surface area (Å²) >= 11 is 0.881. The Bertz CT molecular complexity index is 1410. The number of hydrogen-bond donors (Lipinski definition) is 0. The second kappa shape index (κ2) is 11.5. The van der Waals surface area contributed by atoms with Gasteiger partial charge in [0, 0.05) is 0 Å². The molecule has 7 nitrogen and oxygen atoms in total. The topological polar surface area (TPSA) is 90.0 Å². The molecule has 1 saturated heterocycles. The fraction of sp³-hybridized carbons (Fsp3) is 0.103. The lowest BCUT2D eigenvalue weighted by molar-refractivity contribution is -0.123. The molecule has 2 amide bonds. The number of ketones is 1. The van der Waals surface area contributed by atoms with Crippen LogP contribution in [0.25, 0.3) is 12.2 Å². The van der Waals surface area contributed by atoms with Crippen molar-refractivity contribution in [3.05, 3.63) is 112 Å². The Labute approximate surface area is 218 Å². The predicted octanol–water partition coefficient (Wildman–Crippen LogP) is 5.61. The predicted molar refractivity (Wildman–Crippen MR) is 142 cm³/mol. The molecule has 0 radical (unpaired) electrons. The van der Waals surface area contributed by atoms with Crippen LogP contribution in [0.5, 0.6) is 5.75 Å². The lowest BCUT2D eigenvalue weighted by atomic mass is 10.1. The Morgan fingerprint density at radius 2 is 1.57 bits per heavy atom. The summed E-state index contributed by atoms with van der Waals surface area (Å²) in [7, 11) is 2.82. The van der Waals surface area contributed by atoms with Crippen molar-refractivity contribution in [2.75, 3.05) is 14.2 Å². The number of methoxy groups -OCH3 is 2. The molecule has 3 aromatic rings. The van der Waals surface area contributed by atoms with Gasteiger partial charge in [-0.1, -0.05) is 54.6 Å². The normalized spacial score (nSPS) is 14.4. The van der Waals surface area contributed by atoms with Crippen molar-refractivity contribution in [2.24, 2.45) is 0 Å². The minimum absolute atomic E-state index is 0.105. The van der Waals surface area contributed by atoms with Gasteiger partial charge in [-0.3, -0.25) is 19.3 Å². The Kier molecular flexibility index (Phi) is 8.00. The van der Waals surface area contributed by atoms with Crippen LogP contribution in [-0.4, -0.2) is 42.0 Å². The van der Waals surface area contributed by atoms with E-state index in [0.29, 0.717) is 21.8 Å². The van der Waals surface area contributed by atoms with Gasteiger partial charge in [0.15, 0.2) is 5.78 Å². The van der Waals surface area contributed by atoms with E-state index in [0.717, 1.165) is 28.5 Å². The van der Waals surface area contributed by atoms with Gasteiger partial charge in [-0.05, 0) is 64.9 Å².